The van der Waals surface area contributed by atoms with E-state index in [1.54, 1.807) is 12.4 Å². The molecule has 0 aliphatic carbocycles. The van der Waals surface area contributed by atoms with Crippen molar-refractivity contribution in [1.29, 1.82) is 0 Å². The van der Waals surface area contributed by atoms with Crippen molar-refractivity contribution < 1.29 is 0 Å². The van der Waals surface area contributed by atoms with Gasteiger partial charge in [-0.3, -0.25) is 4.98 Å². The van der Waals surface area contributed by atoms with Crippen molar-refractivity contribution in [2.45, 2.75) is 19.9 Å². The summed E-state index contributed by atoms with van der Waals surface area (Å²) in [6, 6.07) is 0. The zero-order valence-corrected chi connectivity index (χ0v) is 8.62. The second kappa shape index (κ2) is 3.46. The molecular weight excluding hydrogens is 200 g/mol. The molecule has 14 heavy (non-hydrogen) atoms. The number of aryl methyl sites for hydroxylation is 1. The van der Waals surface area contributed by atoms with E-state index < -0.39 is 0 Å². The summed E-state index contributed by atoms with van der Waals surface area (Å²) in [6.07, 6.45) is 4.27. The molecule has 0 spiro atoms. The number of anilines is 1. The second-order valence-electron chi connectivity index (χ2n) is 3.11. The molecule has 0 fully saturated rings. The first kappa shape index (κ1) is 9.27. The molecular formula is C9H11ClN4. The molecule has 2 aromatic heterocycles. The van der Waals surface area contributed by atoms with E-state index in [4.69, 9.17) is 17.3 Å². The van der Waals surface area contributed by atoms with Gasteiger partial charge in [-0.15, -0.1) is 0 Å². The van der Waals surface area contributed by atoms with Crippen LogP contribution in [0.1, 0.15) is 13.3 Å². The van der Waals surface area contributed by atoms with Crippen molar-refractivity contribution in [3.05, 3.63) is 17.4 Å². The van der Waals surface area contributed by atoms with E-state index in [2.05, 4.69) is 16.9 Å². The number of hydrogen-bond acceptors (Lipinski definition) is 3. The summed E-state index contributed by atoms with van der Waals surface area (Å²) in [6.45, 7) is 2.91. The largest absolute Gasteiger partial charge is 0.369 e. The number of nitrogen functional groups attached to an aromatic ring is 1. The van der Waals surface area contributed by atoms with E-state index in [0.717, 1.165) is 24.0 Å². The highest BCUT2D eigenvalue weighted by Crippen LogP contribution is 2.24. The molecule has 0 amide bonds. The molecule has 0 unspecified atom stereocenters. The summed E-state index contributed by atoms with van der Waals surface area (Å²) in [5.41, 5.74) is 7.40. The second-order valence-corrected chi connectivity index (χ2v) is 3.52. The van der Waals surface area contributed by atoms with Crippen LogP contribution in [0.15, 0.2) is 12.4 Å². The summed E-state index contributed by atoms with van der Waals surface area (Å²) in [5, 5.41) is 0.597. The lowest BCUT2D eigenvalue weighted by Gasteiger charge is -2.04. The average molecular weight is 211 g/mol. The molecule has 2 aromatic rings. The summed E-state index contributed by atoms with van der Waals surface area (Å²) >= 11 is 6.03. The third kappa shape index (κ3) is 1.32. The number of fused-ring (bicyclic) bond motifs is 1. The summed E-state index contributed by atoms with van der Waals surface area (Å²) in [7, 11) is 0. The van der Waals surface area contributed by atoms with E-state index >= 15 is 0 Å². The number of imidazole rings is 1. The van der Waals surface area contributed by atoms with Gasteiger partial charge in [-0.1, -0.05) is 18.5 Å². The standard InChI is InChI=1S/C9H11ClN4/c1-2-3-14-8-6(10)4-12-5-7(8)13-9(14)11/h4-5H,2-3H2,1H3,(H2,11,13). The molecule has 0 radical (unpaired) electrons. The smallest absolute Gasteiger partial charge is 0.201 e. The fraction of sp³-hybridized carbons (Fsp3) is 0.333. The minimum absolute atomic E-state index is 0.497. The number of halogens is 1. The SMILES string of the molecule is CCCn1c(N)nc2cncc(Cl)c21. The van der Waals surface area contributed by atoms with Gasteiger partial charge in [-0.25, -0.2) is 4.98 Å². The fourth-order valence-electron chi connectivity index (χ4n) is 1.52. The van der Waals surface area contributed by atoms with E-state index in [1.165, 1.54) is 0 Å². The van der Waals surface area contributed by atoms with Gasteiger partial charge in [0.2, 0.25) is 5.95 Å². The first-order valence-corrected chi connectivity index (χ1v) is 4.87. The lowest BCUT2D eigenvalue weighted by molar-refractivity contribution is 0.706. The van der Waals surface area contributed by atoms with Crippen molar-refractivity contribution in [3.8, 4) is 0 Å². The third-order valence-electron chi connectivity index (χ3n) is 2.08. The van der Waals surface area contributed by atoms with Gasteiger partial charge in [-0.2, -0.15) is 0 Å². The zero-order valence-electron chi connectivity index (χ0n) is 7.87. The molecule has 0 bridgehead atoms. The van der Waals surface area contributed by atoms with Crippen molar-refractivity contribution in [1.82, 2.24) is 14.5 Å². The molecule has 0 aliphatic rings. The van der Waals surface area contributed by atoms with Gasteiger partial charge in [0.1, 0.15) is 5.52 Å². The van der Waals surface area contributed by atoms with Gasteiger partial charge in [0, 0.05) is 12.7 Å². The van der Waals surface area contributed by atoms with Gasteiger partial charge in [0.15, 0.2) is 0 Å². The fourth-order valence-corrected chi connectivity index (χ4v) is 1.77. The van der Waals surface area contributed by atoms with E-state index in [9.17, 15) is 0 Å². The molecule has 2 N–H and O–H groups in total. The van der Waals surface area contributed by atoms with Gasteiger partial charge >= 0.3 is 0 Å². The minimum Gasteiger partial charge on any atom is -0.369 e. The highest BCUT2D eigenvalue weighted by molar-refractivity contribution is 6.34. The van der Waals surface area contributed by atoms with Crippen LogP contribution in [0, 0.1) is 0 Å². The quantitative estimate of drug-likeness (QED) is 0.826. The minimum atomic E-state index is 0.497. The Morgan fingerprint density at radius 2 is 2.29 bits per heavy atom. The van der Waals surface area contributed by atoms with Crippen LogP contribution in [0.5, 0.6) is 0 Å². The predicted molar refractivity (Wildman–Crippen MR) is 57.2 cm³/mol. The van der Waals surface area contributed by atoms with E-state index in [0.29, 0.717) is 11.0 Å². The molecule has 2 heterocycles. The molecule has 74 valence electrons. The Kier molecular flexibility index (Phi) is 2.29. The summed E-state index contributed by atoms with van der Waals surface area (Å²) in [4.78, 5) is 8.15. The Hall–Kier alpha value is -1.29. The first-order chi connectivity index (χ1) is 6.74. The van der Waals surface area contributed by atoms with Crippen molar-refractivity contribution >= 4 is 28.6 Å². The maximum atomic E-state index is 6.03. The first-order valence-electron chi connectivity index (χ1n) is 4.49. The molecule has 0 atom stereocenters. The number of hydrogen-bond donors (Lipinski definition) is 1. The molecule has 0 saturated carbocycles. The van der Waals surface area contributed by atoms with E-state index in [-0.39, 0.29) is 0 Å². The Morgan fingerprint density at radius 1 is 1.50 bits per heavy atom. The molecule has 0 saturated heterocycles. The van der Waals surface area contributed by atoms with Crippen LogP contribution in [0.25, 0.3) is 11.0 Å². The van der Waals surface area contributed by atoms with Gasteiger partial charge < -0.3 is 10.3 Å². The normalized spacial score (nSPS) is 11.0. The van der Waals surface area contributed by atoms with Gasteiger partial charge in [0.25, 0.3) is 0 Å². The number of aromatic nitrogens is 3. The van der Waals surface area contributed by atoms with Crippen molar-refractivity contribution in [3.63, 3.8) is 0 Å². The van der Waals surface area contributed by atoms with Crippen molar-refractivity contribution in [2.75, 3.05) is 5.73 Å². The van der Waals surface area contributed by atoms with Crippen LogP contribution in [0.2, 0.25) is 5.02 Å². The predicted octanol–water partition coefficient (Wildman–Crippen LogP) is 2.08. The number of nitrogens with zero attached hydrogens (tertiary/aromatic N) is 3. The molecule has 0 aromatic carbocycles. The Morgan fingerprint density at radius 3 is 3.00 bits per heavy atom. The van der Waals surface area contributed by atoms with Gasteiger partial charge in [-0.05, 0) is 6.42 Å². The lowest BCUT2D eigenvalue weighted by Crippen LogP contribution is -2.02. The van der Waals surface area contributed by atoms with Crippen LogP contribution < -0.4 is 5.73 Å². The number of nitrogens with two attached hydrogens (primary N) is 1. The topological polar surface area (TPSA) is 56.7 Å². The average Bonchev–Trinajstić information content (AvgIpc) is 2.45. The highest BCUT2D eigenvalue weighted by Gasteiger charge is 2.10. The van der Waals surface area contributed by atoms with Crippen LogP contribution in [0.3, 0.4) is 0 Å². The molecule has 4 nitrogen and oxygen atoms in total. The zero-order chi connectivity index (χ0) is 10.1. The van der Waals surface area contributed by atoms with E-state index in [1.807, 2.05) is 4.57 Å². The highest BCUT2D eigenvalue weighted by atomic mass is 35.5. The van der Waals surface area contributed by atoms with Gasteiger partial charge in [0.05, 0.1) is 16.7 Å². The Balaban J connectivity index is 2.73. The summed E-state index contributed by atoms with van der Waals surface area (Å²) < 4.78 is 1.92. The number of pyridine rings is 1. The Labute approximate surface area is 86.7 Å². The lowest BCUT2D eigenvalue weighted by atomic mass is 10.4. The van der Waals surface area contributed by atoms with Crippen LogP contribution in [-0.4, -0.2) is 14.5 Å². The number of rotatable bonds is 2. The maximum Gasteiger partial charge on any atom is 0.201 e. The molecule has 2 rings (SSSR count). The molecule has 0 aliphatic heterocycles. The maximum absolute atomic E-state index is 6.03. The van der Waals surface area contributed by atoms with Crippen LogP contribution >= 0.6 is 11.6 Å². The monoisotopic (exact) mass is 210 g/mol. The third-order valence-corrected chi connectivity index (χ3v) is 2.36. The van der Waals surface area contributed by atoms with Crippen molar-refractivity contribution in [2.24, 2.45) is 0 Å². The summed E-state index contributed by atoms with van der Waals surface area (Å²) in [5.74, 6) is 0.497. The van der Waals surface area contributed by atoms with Crippen LogP contribution in [0.4, 0.5) is 5.95 Å². The van der Waals surface area contributed by atoms with Crippen LogP contribution in [-0.2, 0) is 6.54 Å². The Bertz CT molecular complexity index is 463. The molecule has 5 heteroatoms.